The predicted molar refractivity (Wildman–Crippen MR) is 137 cm³/mol. The van der Waals surface area contributed by atoms with E-state index < -0.39 is 0 Å². The van der Waals surface area contributed by atoms with E-state index in [4.69, 9.17) is 20.4 Å². The fourth-order valence-electron chi connectivity index (χ4n) is 4.39. The van der Waals surface area contributed by atoms with Crippen LogP contribution in [-0.2, 0) is 13.1 Å². The number of nitrogens with two attached hydrogens (primary N) is 1. The molecule has 0 spiro atoms. The number of benzene rings is 1. The molecule has 0 unspecified atom stereocenters. The monoisotopic (exact) mass is 475 g/mol. The van der Waals surface area contributed by atoms with Gasteiger partial charge < -0.3 is 20.3 Å². The van der Waals surface area contributed by atoms with Gasteiger partial charge in [-0.1, -0.05) is 11.3 Å². The number of rotatable bonds is 4. The van der Waals surface area contributed by atoms with Gasteiger partial charge in [-0.15, -0.1) is 0 Å². The first-order valence-corrected chi connectivity index (χ1v) is 12.1. The summed E-state index contributed by atoms with van der Waals surface area (Å²) in [5.41, 5.74) is 13.2. The molecular formula is C25H29N7OS. The minimum absolute atomic E-state index is 0.533. The third-order valence-electron chi connectivity index (χ3n) is 6.08. The molecule has 34 heavy (non-hydrogen) atoms. The van der Waals surface area contributed by atoms with Crippen molar-refractivity contribution in [2.75, 3.05) is 37.9 Å². The number of nitrogens with zero attached hydrogens (tertiary/aromatic N) is 6. The highest BCUT2D eigenvalue weighted by molar-refractivity contribution is 7.21. The molecule has 3 aromatic heterocycles. The van der Waals surface area contributed by atoms with Gasteiger partial charge in [-0.3, -0.25) is 0 Å². The van der Waals surface area contributed by atoms with Crippen LogP contribution < -0.4 is 15.4 Å². The normalized spacial score (nSPS) is 13.8. The van der Waals surface area contributed by atoms with Crippen LogP contribution >= 0.6 is 11.3 Å². The zero-order chi connectivity index (χ0) is 24.0. The molecule has 1 aromatic carbocycles. The van der Waals surface area contributed by atoms with Crippen molar-refractivity contribution in [2.45, 2.75) is 33.9 Å². The van der Waals surface area contributed by atoms with E-state index in [1.165, 1.54) is 11.3 Å². The number of hydrogen-bond donors (Lipinski definition) is 1. The SMILES string of the molecule is Cc1cc(-c2cnc3sc(N)nc3c2)cc2c1OCCN(c1nc(CN(C)C)nc(C)c1C)C2. The maximum Gasteiger partial charge on any atom is 0.182 e. The van der Waals surface area contributed by atoms with E-state index >= 15 is 0 Å². The molecule has 4 aromatic rings. The number of thiazole rings is 1. The van der Waals surface area contributed by atoms with Gasteiger partial charge in [0.1, 0.15) is 34.3 Å². The van der Waals surface area contributed by atoms with Crippen molar-refractivity contribution in [3.05, 3.63) is 52.6 Å². The van der Waals surface area contributed by atoms with Crippen LogP contribution in [0.2, 0.25) is 0 Å². The zero-order valence-electron chi connectivity index (χ0n) is 20.2. The molecule has 0 bridgehead atoms. The second-order valence-corrected chi connectivity index (χ2v) is 10.1. The molecule has 0 aliphatic carbocycles. The van der Waals surface area contributed by atoms with Crippen molar-refractivity contribution >= 4 is 32.6 Å². The highest BCUT2D eigenvalue weighted by Gasteiger charge is 2.22. The summed E-state index contributed by atoms with van der Waals surface area (Å²) < 4.78 is 6.22. The number of aromatic nitrogens is 4. The predicted octanol–water partition coefficient (Wildman–Crippen LogP) is 4.12. The molecule has 4 heterocycles. The van der Waals surface area contributed by atoms with E-state index in [1.54, 1.807) is 0 Å². The lowest BCUT2D eigenvalue weighted by Gasteiger charge is -2.24. The topological polar surface area (TPSA) is 93.3 Å². The molecule has 0 amide bonds. The Kier molecular flexibility index (Phi) is 5.83. The van der Waals surface area contributed by atoms with Crippen molar-refractivity contribution in [1.29, 1.82) is 0 Å². The van der Waals surface area contributed by atoms with Crippen LogP contribution in [-0.4, -0.2) is 52.1 Å². The largest absolute Gasteiger partial charge is 0.491 e. The van der Waals surface area contributed by atoms with Crippen LogP contribution in [0.4, 0.5) is 10.9 Å². The average Bonchev–Trinajstić information content (AvgIpc) is 3.01. The highest BCUT2D eigenvalue weighted by atomic mass is 32.1. The number of nitrogen functional groups attached to an aromatic ring is 1. The van der Waals surface area contributed by atoms with Crippen LogP contribution in [0, 0.1) is 20.8 Å². The quantitative estimate of drug-likeness (QED) is 0.471. The van der Waals surface area contributed by atoms with Gasteiger partial charge in [0.05, 0.1) is 13.1 Å². The summed E-state index contributed by atoms with van der Waals surface area (Å²) in [6.45, 7) is 9.02. The van der Waals surface area contributed by atoms with Gasteiger partial charge >= 0.3 is 0 Å². The van der Waals surface area contributed by atoms with Gasteiger partial charge in [-0.05, 0) is 64.2 Å². The smallest absolute Gasteiger partial charge is 0.182 e. The van der Waals surface area contributed by atoms with Gasteiger partial charge in [-0.2, -0.15) is 0 Å². The molecule has 8 nitrogen and oxygen atoms in total. The molecule has 1 aliphatic rings. The van der Waals surface area contributed by atoms with Crippen LogP contribution in [0.15, 0.2) is 24.4 Å². The van der Waals surface area contributed by atoms with Crippen LogP contribution in [0.5, 0.6) is 5.75 Å². The third-order valence-corrected chi connectivity index (χ3v) is 6.89. The Hall–Kier alpha value is -3.30. The summed E-state index contributed by atoms with van der Waals surface area (Å²) in [6, 6.07) is 6.41. The fraction of sp³-hybridized carbons (Fsp3) is 0.360. The molecule has 0 saturated heterocycles. The minimum atomic E-state index is 0.533. The second-order valence-electron chi connectivity index (χ2n) is 9.06. The van der Waals surface area contributed by atoms with E-state index in [9.17, 15) is 0 Å². The Balaban J connectivity index is 1.54. The Morgan fingerprint density at radius 3 is 2.71 bits per heavy atom. The highest BCUT2D eigenvalue weighted by Crippen LogP contribution is 2.35. The van der Waals surface area contributed by atoms with E-state index in [0.717, 1.165) is 67.8 Å². The number of ether oxygens (including phenoxy) is 1. The molecule has 1 aliphatic heterocycles. The van der Waals surface area contributed by atoms with E-state index in [2.05, 4.69) is 58.7 Å². The lowest BCUT2D eigenvalue weighted by Crippen LogP contribution is -2.28. The van der Waals surface area contributed by atoms with Gasteiger partial charge in [0.25, 0.3) is 0 Å². The second kappa shape index (κ2) is 8.81. The lowest BCUT2D eigenvalue weighted by molar-refractivity contribution is 0.329. The van der Waals surface area contributed by atoms with Gasteiger partial charge in [0, 0.05) is 35.1 Å². The summed E-state index contributed by atoms with van der Waals surface area (Å²) in [4.78, 5) is 23.9. The number of fused-ring (bicyclic) bond motifs is 2. The summed E-state index contributed by atoms with van der Waals surface area (Å²) in [5, 5.41) is 0.533. The Bertz CT molecular complexity index is 1380. The summed E-state index contributed by atoms with van der Waals surface area (Å²) in [6.07, 6.45) is 1.89. The minimum Gasteiger partial charge on any atom is -0.491 e. The Morgan fingerprint density at radius 2 is 1.91 bits per heavy atom. The van der Waals surface area contributed by atoms with E-state index in [-0.39, 0.29) is 0 Å². The number of pyridine rings is 1. The van der Waals surface area contributed by atoms with Gasteiger partial charge in [-0.25, -0.2) is 19.9 Å². The molecular weight excluding hydrogens is 446 g/mol. The number of anilines is 2. The van der Waals surface area contributed by atoms with Crippen LogP contribution in [0.25, 0.3) is 21.5 Å². The van der Waals surface area contributed by atoms with E-state index in [0.29, 0.717) is 24.8 Å². The standard InChI is InChI=1S/C25H29N7OS/c1-14-8-17(18-10-20-24(27-11-18)34-25(26)29-20)9-19-12-32(6-7-33-22(14)19)23-15(2)16(3)28-21(30-23)13-31(4)5/h8-11H,6-7,12-13H2,1-5H3,(H2,26,29). The average molecular weight is 476 g/mol. The van der Waals surface area contributed by atoms with Crippen molar-refractivity contribution in [3.63, 3.8) is 0 Å². The molecule has 0 radical (unpaired) electrons. The van der Waals surface area contributed by atoms with Gasteiger partial charge in [0.15, 0.2) is 5.13 Å². The van der Waals surface area contributed by atoms with Crippen molar-refractivity contribution in [1.82, 2.24) is 24.8 Å². The van der Waals surface area contributed by atoms with Crippen molar-refractivity contribution in [3.8, 4) is 16.9 Å². The first-order chi connectivity index (χ1) is 16.3. The molecule has 2 N–H and O–H groups in total. The summed E-state index contributed by atoms with van der Waals surface area (Å²) >= 11 is 1.40. The number of aryl methyl sites for hydroxylation is 2. The van der Waals surface area contributed by atoms with Crippen LogP contribution in [0.3, 0.4) is 0 Å². The fourth-order valence-corrected chi connectivity index (χ4v) is 5.05. The Morgan fingerprint density at radius 1 is 1.09 bits per heavy atom. The first-order valence-electron chi connectivity index (χ1n) is 11.3. The van der Waals surface area contributed by atoms with Crippen molar-refractivity contribution < 1.29 is 4.74 Å². The maximum absolute atomic E-state index is 6.22. The molecule has 0 atom stereocenters. The third kappa shape index (κ3) is 4.28. The maximum atomic E-state index is 6.22. The molecule has 0 saturated carbocycles. The van der Waals surface area contributed by atoms with Gasteiger partial charge in [0.2, 0.25) is 0 Å². The van der Waals surface area contributed by atoms with E-state index in [1.807, 2.05) is 20.3 Å². The zero-order valence-corrected chi connectivity index (χ0v) is 21.0. The summed E-state index contributed by atoms with van der Waals surface area (Å²) in [7, 11) is 4.06. The molecule has 9 heteroatoms. The lowest BCUT2D eigenvalue weighted by atomic mass is 9.99. The van der Waals surface area contributed by atoms with Crippen molar-refractivity contribution in [2.24, 2.45) is 0 Å². The number of hydrogen-bond acceptors (Lipinski definition) is 9. The molecule has 5 rings (SSSR count). The summed E-state index contributed by atoms with van der Waals surface area (Å²) in [5.74, 6) is 2.76. The Labute approximate surface area is 203 Å². The molecule has 0 fully saturated rings. The molecule has 176 valence electrons. The van der Waals surface area contributed by atoms with Crippen LogP contribution in [0.1, 0.15) is 28.2 Å². The first kappa shape index (κ1) is 22.5.